The van der Waals surface area contributed by atoms with E-state index in [1.807, 2.05) is 11.0 Å². The quantitative estimate of drug-likeness (QED) is 0.708. The summed E-state index contributed by atoms with van der Waals surface area (Å²) in [5.41, 5.74) is 2.32. The summed E-state index contributed by atoms with van der Waals surface area (Å²) in [5, 5.41) is 0.528. The molecule has 110 valence electrons. The monoisotopic (exact) mass is 372 g/mol. The molecule has 0 atom stereocenters. The van der Waals surface area contributed by atoms with Gasteiger partial charge < -0.3 is 4.90 Å². The highest BCUT2D eigenvalue weighted by Gasteiger charge is 2.21. The molecule has 1 aliphatic rings. The third-order valence-corrected chi connectivity index (χ3v) is 4.67. The molecule has 1 aromatic heterocycles. The number of nitrogens with zero attached hydrogens (tertiary/aromatic N) is 2. The van der Waals surface area contributed by atoms with Crippen molar-refractivity contribution in [2.24, 2.45) is 0 Å². The van der Waals surface area contributed by atoms with Crippen molar-refractivity contribution in [1.82, 2.24) is 4.98 Å². The Kier molecular flexibility index (Phi) is 4.13. The molecule has 2 nitrogen and oxygen atoms in total. The molecule has 0 radical (unpaired) electrons. The maximum Gasteiger partial charge on any atom is 0.131 e. The molecule has 0 bridgehead atoms. The number of hydrogen-bond donors (Lipinski definition) is 0. The average Bonchev–Trinajstić information content (AvgIpc) is 2.44. The van der Waals surface area contributed by atoms with Gasteiger partial charge in [0.15, 0.2) is 0 Å². The van der Waals surface area contributed by atoms with Gasteiger partial charge >= 0.3 is 0 Å². The lowest BCUT2D eigenvalue weighted by Gasteiger charge is -2.31. The predicted molar refractivity (Wildman–Crippen MR) is 82.7 cm³/mol. The fourth-order valence-electron chi connectivity index (χ4n) is 2.53. The Balaban J connectivity index is 1.93. The Bertz CT molecular complexity index is 694. The van der Waals surface area contributed by atoms with Crippen LogP contribution in [0.4, 0.5) is 14.5 Å². The highest BCUT2D eigenvalue weighted by molar-refractivity contribution is 9.10. The van der Waals surface area contributed by atoms with Gasteiger partial charge in [0.05, 0.1) is 16.4 Å². The second-order valence-electron chi connectivity index (χ2n) is 4.99. The van der Waals surface area contributed by atoms with Gasteiger partial charge in [0.25, 0.3) is 0 Å². The first-order chi connectivity index (χ1) is 10.0. The molecule has 21 heavy (non-hydrogen) atoms. The van der Waals surface area contributed by atoms with E-state index in [0.29, 0.717) is 21.7 Å². The van der Waals surface area contributed by atoms with Crippen LogP contribution < -0.4 is 4.90 Å². The van der Waals surface area contributed by atoms with Gasteiger partial charge in [-0.05, 0) is 40.9 Å². The first kappa shape index (κ1) is 14.7. The van der Waals surface area contributed by atoms with Gasteiger partial charge in [-0.25, -0.2) is 13.8 Å². The van der Waals surface area contributed by atoms with Crippen LogP contribution in [0.5, 0.6) is 0 Å². The Labute approximate surface area is 134 Å². The molecule has 0 aliphatic carbocycles. The number of aryl methyl sites for hydroxylation is 1. The van der Waals surface area contributed by atoms with E-state index in [1.165, 1.54) is 12.1 Å². The lowest BCUT2D eigenvalue weighted by molar-refractivity contribution is 0.565. The number of rotatable bonds is 2. The molecule has 0 spiro atoms. The normalized spacial score (nSPS) is 14.2. The number of hydrogen-bond acceptors (Lipinski definition) is 2. The Morgan fingerprint density at radius 3 is 2.86 bits per heavy atom. The van der Waals surface area contributed by atoms with Crippen LogP contribution in [0.3, 0.4) is 0 Å². The number of aromatic nitrogens is 1. The maximum absolute atomic E-state index is 13.8. The summed E-state index contributed by atoms with van der Waals surface area (Å²) in [5.74, 6) is -1.10. The van der Waals surface area contributed by atoms with Crippen molar-refractivity contribution in [1.29, 1.82) is 0 Å². The molecule has 0 saturated heterocycles. The molecule has 0 amide bonds. The Morgan fingerprint density at radius 2 is 2.10 bits per heavy atom. The lowest BCUT2D eigenvalue weighted by Crippen LogP contribution is -2.29. The summed E-state index contributed by atoms with van der Waals surface area (Å²) in [6.45, 7) is 1.17. The minimum atomic E-state index is -0.566. The highest BCUT2D eigenvalue weighted by Crippen LogP contribution is 2.33. The number of benzene rings is 1. The van der Waals surface area contributed by atoms with Gasteiger partial charge in [-0.1, -0.05) is 17.7 Å². The molecule has 2 heterocycles. The molecule has 3 rings (SSSR count). The zero-order chi connectivity index (χ0) is 15.0. The molecule has 0 N–H and O–H groups in total. The van der Waals surface area contributed by atoms with Gasteiger partial charge in [0.2, 0.25) is 0 Å². The Morgan fingerprint density at radius 1 is 1.29 bits per heavy atom. The molecular weight excluding hydrogens is 362 g/mol. The largest absolute Gasteiger partial charge is 0.366 e. The summed E-state index contributed by atoms with van der Waals surface area (Å²) in [7, 11) is 0. The minimum absolute atomic E-state index is 0.374. The molecule has 0 fully saturated rings. The fourth-order valence-corrected chi connectivity index (χ4v) is 3.00. The molecule has 6 heteroatoms. The van der Waals surface area contributed by atoms with Crippen molar-refractivity contribution in [2.45, 2.75) is 19.4 Å². The molecule has 2 aromatic rings. The maximum atomic E-state index is 13.8. The van der Waals surface area contributed by atoms with Crippen LogP contribution in [-0.2, 0) is 13.0 Å². The zero-order valence-electron chi connectivity index (χ0n) is 11.0. The van der Waals surface area contributed by atoms with Crippen LogP contribution in [0.25, 0.3) is 0 Å². The first-order valence-electron chi connectivity index (χ1n) is 6.58. The first-order valence-corrected chi connectivity index (χ1v) is 7.75. The van der Waals surface area contributed by atoms with Crippen molar-refractivity contribution >= 4 is 33.2 Å². The van der Waals surface area contributed by atoms with Crippen LogP contribution >= 0.6 is 27.5 Å². The molecule has 1 aromatic carbocycles. The number of anilines is 1. The second-order valence-corrected chi connectivity index (χ2v) is 6.15. The van der Waals surface area contributed by atoms with Crippen LogP contribution in [0.1, 0.15) is 17.7 Å². The molecule has 0 unspecified atom stereocenters. The lowest BCUT2D eigenvalue weighted by atomic mass is 10.1. The van der Waals surface area contributed by atoms with Gasteiger partial charge in [-0.2, -0.15) is 0 Å². The van der Waals surface area contributed by atoms with Crippen LogP contribution in [-0.4, -0.2) is 11.5 Å². The van der Waals surface area contributed by atoms with Crippen LogP contribution in [0.2, 0.25) is 5.02 Å². The van der Waals surface area contributed by atoms with Crippen molar-refractivity contribution in [3.63, 3.8) is 0 Å². The van der Waals surface area contributed by atoms with Crippen molar-refractivity contribution in [3.05, 3.63) is 56.8 Å². The summed E-state index contributed by atoms with van der Waals surface area (Å²) in [6, 6.07) is 5.50. The van der Waals surface area contributed by atoms with E-state index in [0.717, 1.165) is 36.8 Å². The van der Waals surface area contributed by atoms with E-state index in [-0.39, 0.29) is 0 Å². The SMILES string of the molecule is Fc1ccc(CN2CCCc3nc(Br)c(Cl)cc32)c(F)c1. The van der Waals surface area contributed by atoms with E-state index >= 15 is 0 Å². The summed E-state index contributed by atoms with van der Waals surface area (Å²) in [6.07, 6.45) is 1.81. The number of halogens is 4. The number of fused-ring (bicyclic) bond motifs is 1. The zero-order valence-corrected chi connectivity index (χ0v) is 13.4. The van der Waals surface area contributed by atoms with Crippen molar-refractivity contribution in [3.8, 4) is 0 Å². The van der Waals surface area contributed by atoms with Gasteiger partial charge in [-0.15, -0.1) is 0 Å². The third-order valence-electron chi connectivity index (χ3n) is 3.55. The predicted octanol–water partition coefficient (Wildman–Crippen LogP) is 4.73. The van der Waals surface area contributed by atoms with E-state index in [9.17, 15) is 8.78 Å². The van der Waals surface area contributed by atoms with Crippen LogP contribution in [0, 0.1) is 11.6 Å². The van der Waals surface area contributed by atoms with E-state index in [4.69, 9.17) is 11.6 Å². The topological polar surface area (TPSA) is 16.1 Å². The smallest absolute Gasteiger partial charge is 0.131 e. The van der Waals surface area contributed by atoms with Crippen molar-refractivity contribution in [2.75, 3.05) is 11.4 Å². The van der Waals surface area contributed by atoms with Crippen LogP contribution in [0.15, 0.2) is 28.9 Å². The van der Waals surface area contributed by atoms with E-state index in [1.54, 1.807) is 0 Å². The second kappa shape index (κ2) is 5.89. The highest BCUT2D eigenvalue weighted by atomic mass is 79.9. The molecule has 1 aliphatic heterocycles. The molecule has 0 saturated carbocycles. The van der Waals surface area contributed by atoms with E-state index in [2.05, 4.69) is 20.9 Å². The fraction of sp³-hybridized carbons (Fsp3) is 0.267. The van der Waals surface area contributed by atoms with Gasteiger partial charge in [-0.3, -0.25) is 0 Å². The minimum Gasteiger partial charge on any atom is -0.366 e. The van der Waals surface area contributed by atoms with Crippen molar-refractivity contribution < 1.29 is 8.78 Å². The summed E-state index contributed by atoms with van der Waals surface area (Å²) in [4.78, 5) is 6.46. The molecular formula is C15H12BrClF2N2. The summed E-state index contributed by atoms with van der Waals surface area (Å²) < 4.78 is 27.4. The average molecular weight is 374 g/mol. The third kappa shape index (κ3) is 3.04. The summed E-state index contributed by atoms with van der Waals surface area (Å²) >= 11 is 9.42. The standard InChI is InChI=1S/C15H12BrClF2N2/c16-15-11(17)7-14-13(20-15)2-1-5-21(14)8-9-3-4-10(18)6-12(9)19/h3-4,6-7H,1-2,5,8H2. The van der Waals surface area contributed by atoms with E-state index < -0.39 is 11.6 Å². The van der Waals surface area contributed by atoms with Gasteiger partial charge in [0.1, 0.15) is 16.2 Å². The number of pyridine rings is 1. The Hall–Kier alpha value is -1.20. The van der Waals surface area contributed by atoms with Gasteiger partial charge in [0, 0.05) is 24.7 Å².